The summed E-state index contributed by atoms with van der Waals surface area (Å²) in [6.45, 7) is 0. The summed E-state index contributed by atoms with van der Waals surface area (Å²) in [5.41, 5.74) is 15.9. The van der Waals surface area contributed by atoms with Gasteiger partial charge in [0.25, 0.3) is 0 Å². The first-order valence-electron chi connectivity index (χ1n) is 19.5. The SMILES string of the molecule is c1ccc(-c2ccccc2-n2c3ccccc3c3cc(-c4ccc5c(c4)c4ccccc4n5-c4ccc5oc6ccccc6c5c4-c4ccccc4)ccc32)cc1. The Morgan fingerprint density at radius 1 is 0.298 bits per heavy atom. The molecule has 3 heterocycles. The fourth-order valence-electron chi connectivity index (χ4n) is 9.24. The maximum absolute atomic E-state index is 6.43. The molecule has 3 nitrogen and oxygen atoms in total. The molecule has 0 amide bonds. The lowest BCUT2D eigenvalue weighted by molar-refractivity contribution is 0.669. The number of rotatable bonds is 5. The molecule has 266 valence electrons. The van der Waals surface area contributed by atoms with Crippen molar-refractivity contribution in [2.24, 2.45) is 0 Å². The Balaban J connectivity index is 1.07. The average Bonchev–Trinajstić information content (AvgIpc) is 3.94. The molecule has 3 heteroatoms. The number of para-hydroxylation sites is 4. The highest BCUT2D eigenvalue weighted by Crippen LogP contribution is 2.44. The van der Waals surface area contributed by atoms with Crippen molar-refractivity contribution < 1.29 is 4.42 Å². The van der Waals surface area contributed by atoms with Gasteiger partial charge in [-0.15, -0.1) is 0 Å². The zero-order valence-corrected chi connectivity index (χ0v) is 30.9. The van der Waals surface area contributed by atoms with Crippen molar-refractivity contribution >= 4 is 65.6 Å². The quantitative estimate of drug-likeness (QED) is 0.173. The van der Waals surface area contributed by atoms with Crippen LogP contribution in [0.15, 0.2) is 211 Å². The van der Waals surface area contributed by atoms with E-state index in [0.29, 0.717) is 0 Å². The Bertz CT molecular complexity index is 3510. The van der Waals surface area contributed by atoms with Crippen molar-refractivity contribution in [3.63, 3.8) is 0 Å². The molecular formula is C54H34N2O. The first-order chi connectivity index (χ1) is 28.3. The molecule has 0 bridgehead atoms. The minimum Gasteiger partial charge on any atom is -0.456 e. The predicted octanol–water partition coefficient (Wildman–Crippen LogP) is 14.8. The topological polar surface area (TPSA) is 23.0 Å². The van der Waals surface area contributed by atoms with Crippen LogP contribution >= 0.6 is 0 Å². The van der Waals surface area contributed by atoms with E-state index in [1.54, 1.807) is 0 Å². The van der Waals surface area contributed by atoms with E-state index in [-0.39, 0.29) is 0 Å². The third-order valence-corrected chi connectivity index (χ3v) is 11.7. The molecule has 0 aliphatic carbocycles. The van der Waals surface area contributed by atoms with Crippen LogP contribution in [0.4, 0.5) is 0 Å². The van der Waals surface area contributed by atoms with E-state index >= 15 is 0 Å². The fraction of sp³-hybridized carbons (Fsp3) is 0. The number of hydrogen-bond acceptors (Lipinski definition) is 1. The van der Waals surface area contributed by atoms with Crippen LogP contribution in [0.25, 0.3) is 110 Å². The van der Waals surface area contributed by atoms with Gasteiger partial charge in [0.1, 0.15) is 11.2 Å². The first kappa shape index (κ1) is 31.7. The molecule has 12 aromatic rings. The van der Waals surface area contributed by atoms with Gasteiger partial charge in [-0.25, -0.2) is 0 Å². The molecule has 12 rings (SSSR count). The molecular weight excluding hydrogens is 693 g/mol. The third kappa shape index (κ3) is 4.79. The van der Waals surface area contributed by atoms with Crippen molar-refractivity contribution in [3.8, 4) is 44.8 Å². The summed E-state index contributed by atoms with van der Waals surface area (Å²) >= 11 is 0. The summed E-state index contributed by atoms with van der Waals surface area (Å²) in [6, 6.07) is 74.4. The highest BCUT2D eigenvalue weighted by Gasteiger charge is 2.22. The minimum absolute atomic E-state index is 0.891. The number of hydrogen-bond donors (Lipinski definition) is 0. The third-order valence-electron chi connectivity index (χ3n) is 11.7. The van der Waals surface area contributed by atoms with E-state index in [4.69, 9.17) is 4.42 Å². The second-order valence-electron chi connectivity index (χ2n) is 14.8. The van der Waals surface area contributed by atoms with E-state index in [1.165, 1.54) is 77.1 Å². The van der Waals surface area contributed by atoms with Crippen LogP contribution in [-0.2, 0) is 0 Å². The van der Waals surface area contributed by atoms with Crippen molar-refractivity contribution in [1.82, 2.24) is 9.13 Å². The Morgan fingerprint density at radius 2 is 0.807 bits per heavy atom. The van der Waals surface area contributed by atoms with Crippen LogP contribution in [-0.4, -0.2) is 9.13 Å². The van der Waals surface area contributed by atoms with Crippen LogP contribution in [0.3, 0.4) is 0 Å². The molecule has 0 atom stereocenters. The summed E-state index contributed by atoms with van der Waals surface area (Å²) < 4.78 is 11.3. The maximum atomic E-state index is 6.43. The molecule has 0 saturated carbocycles. The lowest BCUT2D eigenvalue weighted by atomic mass is 9.97. The Kier molecular flexibility index (Phi) is 6.93. The molecule has 0 radical (unpaired) electrons. The van der Waals surface area contributed by atoms with Gasteiger partial charge in [-0.2, -0.15) is 0 Å². The van der Waals surface area contributed by atoms with E-state index < -0.39 is 0 Å². The van der Waals surface area contributed by atoms with E-state index in [9.17, 15) is 0 Å². The second-order valence-corrected chi connectivity index (χ2v) is 14.8. The monoisotopic (exact) mass is 726 g/mol. The summed E-state index contributed by atoms with van der Waals surface area (Å²) in [6.07, 6.45) is 0. The highest BCUT2D eigenvalue weighted by molar-refractivity contribution is 6.17. The summed E-state index contributed by atoms with van der Waals surface area (Å²) in [7, 11) is 0. The summed E-state index contributed by atoms with van der Waals surface area (Å²) in [5.74, 6) is 0. The predicted molar refractivity (Wildman–Crippen MR) is 239 cm³/mol. The maximum Gasteiger partial charge on any atom is 0.136 e. The van der Waals surface area contributed by atoms with Crippen molar-refractivity contribution in [2.45, 2.75) is 0 Å². The molecule has 9 aromatic carbocycles. The molecule has 0 aliphatic heterocycles. The number of benzene rings is 9. The van der Waals surface area contributed by atoms with Gasteiger partial charge in [0.05, 0.1) is 33.4 Å². The van der Waals surface area contributed by atoms with Crippen LogP contribution in [0.5, 0.6) is 0 Å². The Morgan fingerprint density at radius 3 is 1.47 bits per heavy atom. The van der Waals surface area contributed by atoms with E-state index in [0.717, 1.165) is 33.2 Å². The molecule has 0 fully saturated rings. The van der Waals surface area contributed by atoms with Gasteiger partial charge in [-0.3, -0.25) is 0 Å². The van der Waals surface area contributed by atoms with Gasteiger partial charge in [0.15, 0.2) is 0 Å². The number of nitrogens with zero attached hydrogens (tertiary/aromatic N) is 2. The minimum atomic E-state index is 0.891. The summed E-state index contributed by atoms with van der Waals surface area (Å²) in [5, 5.41) is 7.18. The van der Waals surface area contributed by atoms with Crippen LogP contribution in [0, 0.1) is 0 Å². The number of furan rings is 1. The van der Waals surface area contributed by atoms with Gasteiger partial charge in [-0.05, 0) is 82.9 Å². The molecule has 0 unspecified atom stereocenters. The van der Waals surface area contributed by atoms with Crippen LogP contribution in [0.2, 0.25) is 0 Å². The lowest BCUT2D eigenvalue weighted by Gasteiger charge is -2.15. The zero-order chi connectivity index (χ0) is 37.5. The van der Waals surface area contributed by atoms with Gasteiger partial charge in [-0.1, -0.05) is 146 Å². The van der Waals surface area contributed by atoms with Crippen LogP contribution in [0.1, 0.15) is 0 Å². The van der Waals surface area contributed by atoms with E-state index in [2.05, 4.69) is 209 Å². The molecule has 0 N–H and O–H groups in total. The Labute approximate surface area is 328 Å². The largest absolute Gasteiger partial charge is 0.456 e. The van der Waals surface area contributed by atoms with Crippen molar-refractivity contribution in [2.75, 3.05) is 0 Å². The number of fused-ring (bicyclic) bond motifs is 9. The highest BCUT2D eigenvalue weighted by atomic mass is 16.3. The second kappa shape index (κ2) is 12.5. The standard InChI is InChI=1S/C54H34N2O/c1-3-15-35(16-4-1)39-19-7-11-23-45(39)55-46-24-12-8-20-40(46)43-33-37(27-29-48(43)55)38-28-30-49-44(34-38)41-21-9-13-25-47(41)56(49)50-31-32-52-54(42-22-10-14-26-51(42)57-52)53(50)36-17-5-2-6-18-36/h1-34H. The van der Waals surface area contributed by atoms with Gasteiger partial charge < -0.3 is 13.6 Å². The van der Waals surface area contributed by atoms with Crippen molar-refractivity contribution in [3.05, 3.63) is 206 Å². The molecule has 57 heavy (non-hydrogen) atoms. The fourth-order valence-corrected chi connectivity index (χ4v) is 9.24. The van der Waals surface area contributed by atoms with Crippen LogP contribution < -0.4 is 0 Å². The normalized spacial score (nSPS) is 11.9. The van der Waals surface area contributed by atoms with E-state index in [1.807, 2.05) is 6.07 Å². The smallest absolute Gasteiger partial charge is 0.136 e. The Hall–Kier alpha value is -7.62. The van der Waals surface area contributed by atoms with Gasteiger partial charge in [0.2, 0.25) is 0 Å². The molecule has 3 aromatic heterocycles. The molecule has 0 saturated heterocycles. The molecule has 0 spiro atoms. The molecule has 0 aliphatic rings. The average molecular weight is 727 g/mol. The van der Waals surface area contributed by atoms with Gasteiger partial charge >= 0.3 is 0 Å². The first-order valence-corrected chi connectivity index (χ1v) is 19.5. The lowest BCUT2D eigenvalue weighted by Crippen LogP contribution is -1.98. The number of aromatic nitrogens is 2. The van der Waals surface area contributed by atoms with Crippen molar-refractivity contribution in [1.29, 1.82) is 0 Å². The summed E-state index contributed by atoms with van der Waals surface area (Å²) in [4.78, 5) is 0. The van der Waals surface area contributed by atoms with Gasteiger partial charge in [0, 0.05) is 43.4 Å². The zero-order valence-electron chi connectivity index (χ0n) is 30.9.